The number of carboxylic acid groups (broad SMARTS) is 1. The number of aliphatic carboxylic acids is 1. The summed E-state index contributed by atoms with van der Waals surface area (Å²) in [4.78, 5) is 23.9. The van der Waals surface area contributed by atoms with E-state index < -0.39 is 11.4 Å². The van der Waals surface area contributed by atoms with Gasteiger partial charge in [-0.15, -0.1) is 0 Å². The molecule has 0 saturated heterocycles. The van der Waals surface area contributed by atoms with E-state index in [2.05, 4.69) is 26.1 Å². The number of carboxylic acids is 1. The molecule has 0 unspecified atom stereocenters. The van der Waals surface area contributed by atoms with Crippen LogP contribution in [0.1, 0.15) is 59.4 Å². The van der Waals surface area contributed by atoms with Crippen LogP contribution in [0.2, 0.25) is 0 Å². The average Bonchev–Trinajstić information content (AvgIpc) is 2.44. The summed E-state index contributed by atoms with van der Waals surface area (Å²) in [7, 11) is 0. The fourth-order valence-electron chi connectivity index (χ4n) is 2.63. The molecule has 0 spiro atoms. The lowest BCUT2D eigenvalue weighted by Gasteiger charge is -2.27. The van der Waals surface area contributed by atoms with Crippen molar-refractivity contribution in [1.29, 1.82) is 0 Å². The first-order valence-corrected chi connectivity index (χ1v) is 7.79. The molecule has 0 atom stereocenters. The van der Waals surface area contributed by atoms with Crippen molar-refractivity contribution in [2.45, 2.75) is 59.3 Å². The summed E-state index contributed by atoms with van der Waals surface area (Å²) in [6, 6.07) is 7.66. The Labute approximate surface area is 132 Å². The van der Waals surface area contributed by atoms with Gasteiger partial charge in [0.15, 0.2) is 0 Å². The number of benzene rings is 1. The Morgan fingerprint density at radius 1 is 1.09 bits per heavy atom. The molecule has 0 bridgehead atoms. The van der Waals surface area contributed by atoms with Gasteiger partial charge in [0, 0.05) is 12.1 Å². The Bertz CT molecular complexity index is 540. The van der Waals surface area contributed by atoms with Crippen molar-refractivity contribution in [3.8, 4) is 0 Å². The minimum Gasteiger partial charge on any atom is -0.481 e. The Morgan fingerprint density at radius 3 is 2.09 bits per heavy atom. The summed E-state index contributed by atoms with van der Waals surface area (Å²) in [5, 5.41) is 12.3. The molecular formula is C18H27NO3. The second-order valence-corrected chi connectivity index (χ2v) is 6.81. The van der Waals surface area contributed by atoms with Gasteiger partial charge in [-0.2, -0.15) is 0 Å². The molecular weight excluding hydrogens is 278 g/mol. The molecule has 0 aromatic heterocycles. The lowest BCUT2D eigenvalue weighted by atomic mass is 9.79. The topological polar surface area (TPSA) is 66.4 Å². The van der Waals surface area contributed by atoms with Crippen LogP contribution in [-0.4, -0.2) is 17.0 Å². The molecule has 4 heteroatoms. The summed E-state index contributed by atoms with van der Waals surface area (Å²) < 4.78 is 0. The number of nitrogens with one attached hydrogen (secondary N) is 1. The molecule has 0 radical (unpaired) electrons. The lowest BCUT2D eigenvalue weighted by Crippen LogP contribution is -2.34. The van der Waals surface area contributed by atoms with Crippen LogP contribution in [0.25, 0.3) is 0 Å². The van der Waals surface area contributed by atoms with Crippen LogP contribution in [0.15, 0.2) is 24.3 Å². The fourth-order valence-corrected chi connectivity index (χ4v) is 2.63. The molecule has 0 aliphatic heterocycles. The Balaban J connectivity index is 2.97. The Morgan fingerprint density at radius 2 is 1.64 bits per heavy atom. The molecule has 4 nitrogen and oxygen atoms in total. The van der Waals surface area contributed by atoms with Crippen molar-refractivity contribution in [3.63, 3.8) is 0 Å². The summed E-state index contributed by atoms with van der Waals surface area (Å²) in [5.41, 5.74) is 0.716. The molecule has 0 aliphatic carbocycles. The fraction of sp³-hybridized carbons (Fsp3) is 0.556. The number of carbonyl (C=O) groups is 2. The third-order valence-corrected chi connectivity index (χ3v) is 4.32. The lowest BCUT2D eigenvalue weighted by molar-refractivity contribution is -0.151. The highest BCUT2D eigenvalue weighted by Gasteiger charge is 2.37. The first-order valence-electron chi connectivity index (χ1n) is 7.79. The van der Waals surface area contributed by atoms with Gasteiger partial charge >= 0.3 is 5.97 Å². The molecule has 122 valence electrons. The second-order valence-electron chi connectivity index (χ2n) is 6.81. The zero-order valence-electron chi connectivity index (χ0n) is 14.2. The quantitative estimate of drug-likeness (QED) is 0.827. The Kier molecular flexibility index (Phi) is 5.75. The van der Waals surface area contributed by atoms with E-state index in [0.717, 1.165) is 11.3 Å². The van der Waals surface area contributed by atoms with Gasteiger partial charge < -0.3 is 10.4 Å². The number of para-hydroxylation sites is 1. The van der Waals surface area contributed by atoms with E-state index in [0.29, 0.717) is 12.8 Å². The summed E-state index contributed by atoms with van der Waals surface area (Å²) in [5.74, 6) is -1.15. The first-order chi connectivity index (χ1) is 10.2. The molecule has 0 heterocycles. The van der Waals surface area contributed by atoms with E-state index in [-0.39, 0.29) is 17.7 Å². The van der Waals surface area contributed by atoms with E-state index >= 15 is 0 Å². The predicted octanol–water partition coefficient (Wildman–Crippen LogP) is 4.20. The molecule has 1 rings (SSSR count). The van der Waals surface area contributed by atoms with Crippen LogP contribution >= 0.6 is 0 Å². The first kappa shape index (κ1) is 18.2. The molecule has 1 aromatic rings. The van der Waals surface area contributed by atoms with Crippen LogP contribution in [0, 0.1) is 5.41 Å². The van der Waals surface area contributed by atoms with E-state index in [9.17, 15) is 14.7 Å². The highest BCUT2D eigenvalue weighted by atomic mass is 16.4. The van der Waals surface area contributed by atoms with Gasteiger partial charge in [0.1, 0.15) is 0 Å². The molecule has 0 aliphatic rings. The molecule has 0 fully saturated rings. The molecule has 0 saturated carbocycles. The van der Waals surface area contributed by atoms with Gasteiger partial charge in [0.05, 0.1) is 5.41 Å². The third kappa shape index (κ3) is 4.09. The predicted molar refractivity (Wildman–Crippen MR) is 89.0 cm³/mol. The maximum atomic E-state index is 12.4. The van der Waals surface area contributed by atoms with Crippen LogP contribution in [0.4, 0.5) is 5.69 Å². The number of amides is 1. The van der Waals surface area contributed by atoms with Crippen LogP contribution in [-0.2, 0) is 15.0 Å². The molecule has 22 heavy (non-hydrogen) atoms. The van der Waals surface area contributed by atoms with E-state index in [1.165, 1.54) is 0 Å². The molecule has 1 amide bonds. The third-order valence-electron chi connectivity index (χ3n) is 4.32. The van der Waals surface area contributed by atoms with Crippen molar-refractivity contribution in [1.82, 2.24) is 0 Å². The summed E-state index contributed by atoms with van der Waals surface area (Å²) in [6.07, 6.45) is 0.869. The van der Waals surface area contributed by atoms with E-state index in [1.807, 2.05) is 38.1 Å². The smallest absolute Gasteiger partial charge is 0.310 e. The second kappa shape index (κ2) is 6.95. The monoisotopic (exact) mass is 305 g/mol. The number of rotatable bonds is 6. The summed E-state index contributed by atoms with van der Waals surface area (Å²) in [6.45, 7) is 9.87. The summed E-state index contributed by atoms with van der Waals surface area (Å²) >= 11 is 0. The minimum atomic E-state index is -0.985. The van der Waals surface area contributed by atoms with Crippen LogP contribution in [0.3, 0.4) is 0 Å². The Hall–Kier alpha value is -1.84. The van der Waals surface area contributed by atoms with Gasteiger partial charge in [-0.3, -0.25) is 9.59 Å². The minimum absolute atomic E-state index is 0.00614. The average molecular weight is 305 g/mol. The zero-order chi connectivity index (χ0) is 17.0. The van der Waals surface area contributed by atoms with E-state index in [1.54, 1.807) is 0 Å². The highest BCUT2D eigenvalue weighted by molar-refractivity contribution is 5.95. The number of carbonyl (C=O) groups excluding carboxylic acids is 1. The highest BCUT2D eigenvalue weighted by Crippen LogP contribution is 2.33. The molecule has 2 N–H and O–H groups in total. The normalized spacial score (nSPS) is 12.0. The van der Waals surface area contributed by atoms with Gasteiger partial charge in [0.25, 0.3) is 0 Å². The maximum Gasteiger partial charge on any atom is 0.310 e. The van der Waals surface area contributed by atoms with Crippen molar-refractivity contribution < 1.29 is 14.7 Å². The number of anilines is 1. The van der Waals surface area contributed by atoms with Crippen molar-refractivity contribution in [3.05, 3.63) is 29.8 Å². The SMILES string of the molecule is CCC(CC)(CC(=O)Nc1ccccc1C(C)(C)C)C(=O)O. The van der Waals surface area contributed by atoms with Gasteiger partial charge in [-0.1, -0.05) is 52.8 Å². The maximum absolute atomic E-state index is 12.4. The molecule has 1 aromatic carbocycles. The largest absolute Gasteiger partial charge is 0.481 e. The van der Waals surface area contributed by atoms with Crippen molar-refractivity contribution in [2.24, 2.45) is 5.41 Å². The number of hydrogen-bond acceptors (Lipinski definition) is 2. The van der Waals surface area contributed by atoms with E-state index in [4.69, 9.17) is 0 Å². The van der Waals surface area contributed by atoms with Gasteiger partial charge in [-0.25, -0.2) is 0 Å². The van der Waals surface area contributed by atoms with Crippen LogP contribution < -0.4 is 5.32 Å². The van der Waals surface area contributed by atoms with Crippen molar-refractivity contribution in [2.75, 3.05) is 5.32 Å². The van der Waals surface area contributed by atoms with Crippen molar-refractivity contribution >= 4 is 17.6 Å². The van der Waals surface area contributed by atoms with Gasteiger partial charge in [-0.05, 0) is 29.9 Å². The van der Waals surface area contributed by atoms with Gasteiger partial charge in [0.2, 0.25) is 5.91 Å². The van der Waals surface area contributed by atoms with Crippen LogP contribution in [0.5, 0.6) is 0 Å². The zero-order valence-corrected chi connectivity index (χ0v) is 14.2. The number of hydrogen-bond donors (Lipinski definition) is 2. The standard InChI is InChI=1S/C18H27NO3/c1-6-18(7-2,16(21)22)12-15(20)19-14-11-9-8-10-13(14)17(3,4)5/h8-11H,6-7,12H2,1-5H3,(H,19,20)(H,21,22).